The summed E-state index contributed by atoms with van der Waals surface area (Å²) in [6, 6.07) is 4.04. The van der Waals surface area contributed by atoms with Crippen LogP contribution in [0.5, 0.6) is 5.75 Å². The Labute approximate surface area is 139 Å². The molecule has 0 bridgehead atoms. The zero-order valence-corrected chi connectivity index (χ0v) is 13.8. The fourth-order valence-corrected chi connectivity index (χ4v) is 4.31. The normalized spacial score (nSPS) is 20.4. The number of hydrogen-bond donors (Lipinski definition) is 2. The largest absolute Gasteiger partial charge is 0.467 e. The molecule has 0 saturated heterocycles. The maximum atomic E-state index is 11.8. The van der Waals surface area contributed by atoms with Gasteiger partial charge in [-0.3, -0.25) is 9.89 Å². The van der Waals surface area contributed by atoms with Gasteiger partial charge in [-0.1, -0.05) is 15.9 Å². The molecule has 0 aliphatic carbocycles. The van der Waals surface area contributed by atoms with Crippen molar-refractivity contribution in [2.24, 2.45) is 0 Å². The van der Waals surface area contributed by atoms with Gasteiger partial charge in [0.2, 0.25) is 5.91 Å². The van der Waals surface area contributed by atoms with Crippen LogP contribution in [0.4, 0.5) is 5.82 Å². The van der Waals surface area contributed by atoms with Gasteiger partial charge in [0.15, 0.2) is 6.79 Å². The molecule has 1 aromatic heterocycles. The molecule has 2 aliphatic rings. The van der Waals surface area contributed by atoms with Gasteiger partial charge in [-0.15, -0.1) is 11.8 Å². The molecule has 114 valence electrons. The van der Waals surface area contributed by atoms with Crippen LogP contribution in [0.2, 0.25) is 0 Å². The lowest BCUT2D eigenvalue weighted by Gasteiger charge is -2.24. The van der Waals surface area contributed by atoms with E-state index in [-0.39, 0.29) is 18.0 Å². The molecular formula is C14H12BrN3O3S. The number of carbonyl (C=O) groups excluding carboxylic acids is 1. The summed E-state index contributed by atoms with van der Waals surface area (Å²) in [5.41, 5.74) is 2.98. The predicted molar refractivity (Wildman–Crippen MR) is 85.9 cm³/mol. The Balaban J connectivity index is 1.85. The molecule has 4 rings (SSSR count). The highest BCUT2D eigenvalue weighted by Gasteiger charge is 2.30. The summed E-state index contributed by atoms with van der Waals surface area (Å²) in [5.74, 6) is 1.84. The molecule has 6 nitrogen and oxygen atoms in total. The van der Waals surface area contributed by atoms with Crippen LogP contribution in [0.15, 0.2) is 22.8 Å². The average molecular weight is 382 g/mol. The monoisotopic (exact) mass is 381 g/mol. The van der Waals surface area contributed by atoms with Gasteiger partial charge in [-0.25, -0.2) is 0 Å². The van der Waals surface area contributed by atoms with Gasteiger partial charge in [-0.2, -0.15) is 5.10 Å². The first-order valence-corrected chi connectivity index (χ1v) is 8.54. The molecule has 0 radical (unpaired) electrons. The molecule has 2 aliphatic heterocycles. The minimum Gasteiger partial charge on any atom is -0.467 e. The highest BCUT2D eigenvalue weighted by atomic mass is 79.9. The molecule has 0 saturated carbocycles. The molecule has 1 amide bonds. The fourth-order valence-electron chi connectivity index (χ4n) is 2.68. The number of hydrogen-bond acceptors (Lipinski definition) is 5. The van der Waals surface area contributed by atoms with Gasteiger partial charge in [-0.05, 0) is 12.1 Å². The topological polar surface area (TPSA) is 76.2 Å². The smallest absolute Gasteiger partial charge is 0.235 e. The summed E-state index contributed by atoms with van der Waals surface area (Å²) in [5, 5.41) is 9.72. The van der Waals surface area contributed by atoms with E-state index in [9.17, 15) is 4.79 Å². The van der Waals surface area contributed by atoms with Gasteiger partial charge >= 0.3 is 0 Å². The number of fused-ring (bicyclic) bond motifs is 2. The number of ether oxygens (including phenoxy) is 2. The Kier molecular flexibility index (Phi) is 3.59. The van der Waals surface area contributed by atoms with E-state index in [0.717, 1.165) is 26.9 Å². The zero-order valence-electron chi connectivity index (χ0n) is 11.4. The molecule has 2 N–H and O–H groups in total. The van der Waals surface area contributed by atoms with E-state index in [0.29, 0.717) is 18.2 Å². The van der Waals surface area contributed by atoms with Crippen molar-refractivity contribution in [3.05, 3.63) is 39.5 Å². The van der Waals surface area contributed by atoms with Gasteiger partial charge < -0.3 is 14.8 Å². The summed E-state index contributed by atoms with van der Waals surface area (Å²) in [6.07, 6.45) is 1.76. The molecule has 0 unspecified atom stereocenters. The number of benzene rings is 1. The van der Waals surface area contributed by atoms with Crippen LogP contribution in [-0.2, 0) is 16.1 Å². The van der Waals surface area contributed by atoms with Crippen LogP contribution in [0, 0.1) is 0 Å². The number of aromatic amines is 1. The van der Waals surface area contributed by atoms with Gasteiger partial charge in [0.05, 0.1) is 23.8 Å². The number of thioether (sulfide) groups is 1. The van der Waals surface area contributed by atoms with E-state index >= 15 is 0 Å². The number of halogens is 1. The third-order valence-electron chi connectivity index (χ3n) is 3.58. The van der Waals surface area contributed by atoms with Gasteiger partial charge in [0.25, 0.3) is 0 Å². The van der Waals surface area contributed by atoms with E-state index in [2.05, 4.69) is 31.4 Å². The van der Waals surface area contributed by atoms with Crippen molar-refractivity contribution in [3.63, 3.8) is 0 Å². The minimum atomic E-state index is -0.0360. The van der Waals surface area contributed by atoms with Crippen molar-refractivity contribution >= 4 is 39.4 Å². The van der Waals surface area contributed by atoms with E-state index in [1.165, 1.54) is 0 Å². The quantitative estimate of drug-likeness (QED) is 0.793. The third kappa shape index (κ3) is 2.41. The molecule has 8 heteroatoms. The second-order valence-corrected chi connectivity index (χ2v) is 7.04. The van der Waals surface area contributed by atoms with Crippen molar-refractivity contribution < 1.29 is 14.3 Å². The van der Waals surface area contributed by atoms with E-state index in [4.69, 9.17) is 9.47 Å². The van der Waals surface area contributed by atoms with E-state index in [1.807, 2.05) is 12.1 Å². The number of carbonyl (C=O) groups is 1. The molecule has 0 spiro atoms. The number of amides is 1. The van der Waals surface area contributed by atoms with Crippen molar-refractivity contribution in [3.8, 4) is 5.75 Å². The van der Waals surface area contributed by atoms with Crippen molar-refractivity contribution in [2.75, 3.05) is 17.9 Å². The van der Waals surface area contributed by atoms with Crippen LogP contribution in [0.1, 0.15) is 21.9 Å². The first-order chi connectivity index (χ1) is 10.7. The second-order valence-electron chi connectivity index (χ2n) is 5.03. The maximum absolute atomic E-state index is 11.8. The average Bonchev–Trinajstić information content (AvgIpc) is 2.89. The zero-order chi connectivity index (χ0) is 15.1. The lowest BCUT2D eigenvalue weighted by molar-refractivity contribution is -0.113. The summed E-state index contributed by atoms with van der Waals surface area (Å²) in [7, 11) is 0. The number of nitrogens with one attached hydrogen (secondary N) is 2. The first-order valence-electron chi connectivity index (χ1n) is 6.70. The Morgan fingerprint density at radius 1 is 1.36 bits per heavy atom. The molecule has 3 heterocycles. The Hall–Kier alpha value is -1.51. The standard InChI is InChI=1S/C14H12BrN3O3S/c15-8-1-7-4-20-6-21-12(7)9(2-8)13-10-3-16-18-14(10)17-11(19)5-22-13/h1-3,13H,4-6H2,(H2,16,17,18,19)/t13-/m0/s1. The molecular weight excluding hydrogens is 370 g/mol. The molecule has 22 heavy (non-hydrogen) atoms. The lowest BCUT2D eigenvalue weighted by Crippen LogP contribution is -2.14. The van der Waals surface area contributed by atoms with Crippen LogP contribution in [0.3, 0.4) is 0 Å². The van der Waals surface area contributed by atoms with E-state index < -0.39 is 0 Å². The predicted octanol–water partition coefficient (Wildman–Crippen LogP) is 2.81. The SMILES string of the molecule is O=C1CS[C@@H](c2cc(Br)cc3c2OCOC3)c2cn[nH]c2N1. The molecule has 1 atom stereocenters. The van der Waals surface area contributed by atoms with Gasteiger partial charge in [0, 0.05) is 21.2 Å². The van der Waals surface area contributed by atoms with E-state index in [1.54, 1.807) is 18.0 Å². The summed E-state index contributed by atoms with van der Waals surface area (Å²) in [4.78, 5) is 11.8. The Bertz CT molecular complexity index is 749. The first kappa shape index (κ1) is 14.1. The fraction of sp³-hybridized carbons (Fsp3) is 0.286. The lowest BCUT2D eigenvalue weighted by atomic mass is 10.0. The molecule has 0 fully saturated rings. The van der Waals surface area contributed by atoms with Crippen molar-refractivity contribution in [2.45, 2.75) is 11.9 Å². The summed E-state index contributed by atoms with van der Waals surface area (Å²) < 4.78 is 12.0. The number of H-pyrrole nitrogens is 1. The number of anilines is 1. The summed E-state index contributed by atoms with van der Waals surface area (Å²) in [6.45, 7) is 0.767. The minimum absolute atomic E-state index is 0.0305. The second kappa shape index (κ2) is 5.60. The number of nitrogens with zero attached hydrogens (tertiary/aromatic N) is 1. The third-order valence-corrected chi connectivity index (χ3v) is 5.31. The highest BCUT2D eigenvalue weighted by Crippen LogP contribution is 2.46. The van der Waals surface area contributed by atoms with Crippen molar-refractivity contribution in [1.29, 1.82) is 0 Å². The summed E-state index contributed by atoms with van der Waals surface area (Å²) >= 11 is 5.10. The van der Waals surface area contributed by atoms with Crippen molar-refractivity contribution in [1.82, 2.24) is 10.2 Å². The Morgan fingerprint density at radius 2 is 2.27 bits per heavy atom. The van der Waals surface area contributed by atoms with Crippen LogP contribution < -0.4 is 10.1 Å². The number of rotatable bonds is 1. The highest BCUT2D eigenvalue weighted by molar-refractivity contribution is 9.10. The van der Waals surface area contributed by atoms with Crippen LogP contribution in [-0.4, -0.2) is 28.7 Å². The Morgan fingerprint density at radius 3 is 3.18 bits per heavy atom. The number of aromatic nitrogens is 2. The van der Waals surface area contributed by atoms with Gasteiger partial charge in [0.1, 0.15) is 11.6 Å². The maximum Gasteiger partial charge on any atom is 0.235 e. The van der Waals surface area contributed by atoms with Crippen LogP contribution in [0.25, 0.3) is 0 Å². The molecule has 1 aromatic carbocycles. The molecule has 2 aromatic rings. The van der Waals surface area contributed by atoms with Crippen LogP contribution >= 0.6 is 27.7 Å².